The molecule has 8 heteroatoms. The Morgan fingerprint density at radius 3 is 2.87 bits per heavy atom. The molecule has 3 rings (SSSR count). The lowest BCUT2D eigenvalue weighted by Crippen LogP contribution is -2.14. The van der Waals surface area contributed by atoms with Crippen LogP contribution in [-0.4, -0.2) is 26.6 Å². The van der Waals surface area contributed by atoms with E-state index >= 15 is 0 Å². The van der Waals surface area contributed by atoms with Gasteiger partial charge in [-0.3, -0.25) is 4.79 Å². The van der Waals surface area contributed by atoms with Gasteiger partial charge in [0, 0.05) is 11.8 Å². The third-order valence-electron chi connectivity index (χ3n) is 2.98. The molecule has 2 heterocycles. The van der Waals surface area contributed by atoms with Crippen LogP contribution in [0.5, 0.6) is 0 Å². The van der Waals surface area contributed by atoms with Gasteiger partial charge < -0.3 is 11.1 Å². The van der Waals surface area contributed by atoms with E-state index in [-0.39, 0.29) is 11.7 Å². The van der Waals surface area contributed by atoms with E-state index in [1.165, 1.54) is 28.7 Å². The number of carbonyl (C=O) groups excluding carboxylic acids is 1. The van der Waals surface area contributed by atoms with Gasteiger partial charge in [0.2, 0.25) is 5.91 Å². The number of hydrogen-bond acceptors (Lipinski definition) is 7. The Bertz CT molecular complexity index is 857. The van der Waals surface area contributed by atoms with Gasteiger partial charge in [-0.15, -0.1) is 0 Å². The number of thiazole rings is 1. The molecule has 0 unspecified atom stereocenters. The van der Waals surface area contributed by atoms with Crippen molar-refractivity contribution in [2.24, 2.45) is 0 Å². The van der Waals surface area contributed by atoms with E-state index < -0.39 is 0 Å². The number of aryl methyl sites for hydroxylation is 2. The normalized spacial score (nSPS) is 10.9. The van der Waals surface area contributed by atoms with Crippen molar-refractivity contribution in [1.82, 2.24) is 15.0 Å². The summed E-state index contributed by atoms with van der Waals surface area (Å²) < 4.78 is 1.06. The maximum atomic E-state index is 12.0. The molecule has 0 aliphatic carbocycles. The van der Waals surface area contributed by atoms with Crippen LogP contribution in [0.15, 0.2) is 29.4 Å². The fraction of sp³-hybridized carbons (Fsp3) is 0.200. The van der Waals surface area contributed by atoms with Gasteiger partial charge in [0.25, 0.3) is 0 Å². The SMILES string of the molecule is Cc1ccc2nc(NC(=O)CSc3nc(C)cc(N)n3)sc2c1. The van der Waals surface area contributed by atoms with Crippen molar-refractivity contribution >= 4 is 50.2 Å². The standard InChI is InChI=1S/C15H15N5OS2/c1-8-3-4-10-11(5-8)23-15(18-10)20-13(21)7-22-14-17-9(2)6-12(16)19-14/h3-6H,7H2,1-2H3,(H2,16,17,19)(H,18,20,21). The summed E-state index contributed by atoms with van der Waals surface area (Å²) in [5, 5.41) is 3.91. The highest BCUT2D eigenvalue weighted by molar-refractivity contribution is 7.99. The zero-order chi connectivity index (χ0) is 16.4. The number of nitrogens with zero attached hydrogens (tertiary/aromatic N) is 3. The molecule has 0 bridgehead atoms. The fourth-order valence-corrected chi connectivity index (χ4v) is 3.69. The Kier molecular flexibility index (Phi) is 4.44. The first-order chi connectivity index (χ1) is 11.0. The van der Waals surface area contributed by atoms with Crippen LogP contribution < -0.4 is 11.1 Å². The first-order valence-corrected chi connectivity index (χ1v) is 8.71. The summed E-state index contributed by atoms with van der Waals surface area (Å²) >= 11 is 2.71. The number of benzene rings is 1. The summed E-state index contributed by atoms with van der Waals surface area (Å²) in [4.78, 5) is 24.8. The maximum absolute atomic E-state index is 12.0. The first kappa shape index (κ1) is 15.7. The number of fused-ring (bicyclic) bond motifs is 1. The highest BCUT2D eigenvalue weighted by atomic mass is 32.2. The minimum atomic E-state index is -0.144. The first-order valence-electron chi connectivity index (χ1n) is 6.90. The molecule has 2 aromatic heterocycles. The number of nitrogens with two attached hydrogens (primary N) is 1. The molecule has 1 amide bonds. The number of carbonyl (C=O) groups is 1. The predicted molar refractivity (Wildman–Crippen MR) is 94.9 cm³/mol. The van der Waals surface area contributed by atoms with Gasteiger partial charge in [0.15, 0.2) is 10.3 Å². The minimum absolute atomic E-state index is 0.144. The quantitative estimate of drug-likeness (QED) is 0.558. The van der Waals surface area contributed by atoms with E-state index in [4.69, 9.17) is 5.73 Å². The van der Waals surface area contributed by atoms with Crippen LogP contribution in [0, 0.1) is 13.8 Å². The van der Waals surface area contributed by atoms with Crippen LogP contribution >= 0.6 is 23.1 Å². The molecule has 0 saturated carbocycles. The molecule has 3 N–H and O–H groups in total. The van der Waals surface area contributed by atoms with Crippen molar-refractivity contribution < 1.29 is 4.79 Å². The number of nitrogen functional groups attached to an aromatic ring is 1. The smallest absolute Gasteiger partial charge is 0.236 e. The molecule has 0 spiro atoms. The van der Waals surface area contributed by atoms with E-state index in [2.05, 4.69) is 26.3 Å². The average Bonchev–Trinajstić information content (AvgIpc) is 2.85. The van der Waals surface area contributed by atoms with E-state index in [0.717, 1.165) is 15.9 Å². The second-order valence-corrected chi connectivity index (χ2v) is 7.02. The summed E-state index contributed by atoms with van der Waals surface area (Å²) in [5.41, 5.74) is 8.51. The number of rotatable bonds is 4. The minimum Gasteiger partial charge on any atom is -0.384 e. The average molecular weight is 345 g/mol. The van der Waals surface area contributed by atoms with Crippen molar-refractivity contribution in [3.05, 3.63) is 35.5 Å². The molecule has 0 radical (unpaired) electrons. The van der Waals surface area contributed by atoms with E-state index in [9.17, 15) is 4.79 Å². The van der Waals surface area contributed by atoms with Gasteiger partial charge in [0.1, 0.15) is 5.82 Å². The lowest BCUT2D eigenvalue weighted by atomic mass is 10.2. The van der Waals surface area contributed by atoms with Crippen LogP contribution in [0.2, 0.25) is 0 Å². The molecule has 0 saturated heterocycles. The predicted octanol–water partition coefficient (Wildman–Crippen LogP) is 3.02. The van der Waals surface area contributed by atoms with E-state index in [0.29, 0.717) is 16.1 Å². The molecule has 0 atom stereocenters. The summed E-state index contributed by atoms with van der Waals surface area (Å²) in [5.74, 6) is 0.467. The molecular weight excluding hydrogens is 330 g/mol. The van der Waals surface area contributed by atoms with Crippen molar-refractivity contribution in [2.75, 3.05) is 16.8 Å². The van der Waals surface area contributed by atoms with Crippen LogP contribution in [0.25, 0.3) is 10.2 Å². The maximum Gasteiger partial charge on any atom is 0.236 e. The number of hydrogen-bond donors (Lipinski definition) is 2. The molecule has 6 nitrogen and oxygen atoms in total. The molecule has 0 fully saturated rings. The number of anilines is 2. The second-order valence-electron chi connectivity index (χ2n) is 5.04. The highest BCUT2D eigenvalue weighted by Crippen LogP contribution is 2.27. The third kappa shape index (κ3) is 3.96. The lowest BCUT2D eigenvalue weighted by Gasteiger charge is -2.03. The van der Waals surface area contributed by atoms with Crippen molar-refractivity contribution in [1.29, 1.82) is 0 Å². The lowest BCUT2D eigenvalue weighted by molar-refractivity contribution is -0.113. The van der Waals surface area contributed by atoms with E-state index in [1.54, 1.807) is 6.07 Å². The summed E-state index contributed by atoms with van der Waals surface area (Å²) in [7, 11) is 0. The topological polar surface area (TPSA) is 93.8 Å². The van der Waals surface area contributed by atoms with Crippen molar-refractivity contribution in [3.8, 4) is 0 Å². The van der Waals surface area contributed by atoms with E-state index in [1.807, 2.05) is 26.0 Å². The number of aromatic nitrogens is 3. The number of thioether (sulfide) groups is 1. The summed E-state index contributed by atoms with van der Waals surface area (Å²) in [6.07, 6.45) is 0. The number of amides is 1. The zero-order valence-electron chi connectivity index (χ0n) is 12.7. The monoisotopic (exact) mass is 345 g/mol. The van der Waals surface area contributed by atoms with Gasteiger partial charge in [0.05, 0.1) is 16.0 Å². The zero-order valence-corrected chi connectivity index (χ0v) is 14.3. The molecule has 23 heavy (non-hydrogen) atoms. The molecule has 1 aromatic carbocycles. The van der Waals surface area contributed by atoms with Crippen LogP contribution in [-0.2, 0) is 4.79 Å². The molecule has 3 aromatic rings. The third-order valence-corrected chi connectivity index (χ3v) is 4.76. The number of nitrogens with one attached hydrogen (secondary N) is 1. The molecule has 0 aliphatic rings. The van der Waals surface area contributed by atoms with Crippen LogP contribution in [0.1, 0.15) is 11.3 Å². The van der Waals surface area contributed by atoms with Gasteiger partial charge in [-0.25, -0.2) is 15.0 Å². The Labute approximate surface area is 141 Å². The van der Waals surface area contributed by atoms with Crippen LogP contribution in [0.4, 0.5) is 10.9 Å². The highest BCUT2D eigenvalue weighted by Gasteiger charge is 2.10. The van der Waals surface area contributed by atoms with Gasteiger partial charge in [-0.1, -0.05) is 29.2 Å². The largest absolute Gasteiger partial charge is 0.384 e. The summed E-state index contributed by atoms with van der Waals surface area (Å²) in [6.45, 7) is 3.87. The Morgan fingerprint density at radius 2 is 2.09 bits per heavy atom. The van der Waals surface area contributed by atoms with Gasteiger partial charge in [-0.05, 0) is 31.5 Å². The van der Waals surface area contributed by atoms with Gasteiger partial charge in [-0.2, -0.15) is 0 Å². The van der Waals surface area contributed by atoms with Crippen LogP contribution in [0.3, 0.4) is 0 Å². The molecular formula is C15H15N5OS2. The molecule has 118 valence electrons. The Morgan fingerprint density at radius 1 is 1.26 bits per heavy atom. The van der Waals surface area contributed by atoms with Crippen molar-refractivity contribution in [3.63, 3.8) is 0 Å². The Hall–Kier alpha value is -2.19. The second kappa shape index (κ2) is 6.51. The van der Waals surface area contributed by atoms with Crippen molar-refractivity contribution in [2.45, 2.75) is 19.0 Å². The summed E-state index contributed by atoms with van der Waals surface area (Å²) in [6, 6.07) is 7.70. The fourth-order valence-electron chi connectivity index (χ4n) is 2.00. The van der Waals surface area contributed by atoms with Gasteiger partial charge >= 0.3 is 0 Å². The molecule has 0 aliphatic heterocycles. The Balaban J connectivity index is 1.64.